The van der Waals surface area contributed by atoms with Crippen LogP contribution in [-0.2, 0) is 18.7 Å². The molecule has 0 radical (unpaired) electrons. The van der Waals surface area contributed by atoms with Crippen LogP contribution in [0.3, 0.4) is 0 Å². The van der Waals surface area contributed by atoms with Crippen LogP contribution in [0.1, 0.15) is 41.0 Å². The maximum atomic E-state index is 11.2. The topological polar surface area (TPSA) is 65.0 Å². The minimum atomic E-state index is -2.00. The average Bonchev–Trinajstić information content (AvgIpc) is 2.20. The van der Waals surface area contributed by atoms with Crippen molar-refractivity contribution >= 4 is 14.3 Å². The molecule has 1 aliphatic rings. The Morgan fingerprint density at radius 2 is 1.90 bits per heavy atom. The first-order valence-electron chi connectivity index (χ1n) is 7.12. The lowest BCUT2D eigenvalue weighted by atomic mass is 10.0. The number of ether oxygens (including phenoxy) is 2. The number of aliphatic hydroxyl groups is 1. The van der Waals surface area contributed by atoms with Crippen LogP contribution in [0.15, 0.2) is 0 Å². The van der Waals surface area contributed by atoms with Gasteiger partial charge in [-0.15, -0.1) is 0 Å². The molecule has 6 heteroatoms. The third-order valence-electron chi connectivity index (χ3n) is 4.19. The Morgan fingerprint density at radius 1 is 1.35 bits per heavy atom. The molecule has 1 aliphatic heterocycles. The van der Waals surface area contributed by atoms with E-state index in [2.05, 4.69) is 33.9 Å². The van der Waals surface area contributed by atoms with E-state index >= 15 is 0 Å². The second-order valence-electron chi connectivity index (χ2n) is 7.02. The van der Waals surface area contributed by atoms with Gasteiger partial charge in [0.2, 0.25) is 0 Å². The van der Waals surface area contributed by atoms with Gasteiger partial charge in [-0.05, 0) is 25.1 Å². The number of hydrogen-bond donors (Lipinski definition) is 1. The molecule has 0 aromatic carbocycles. The zero-order valence-corrected chi connectivity index (χ0v) is 14.6. The lowest BCUT2D eigenvalue weighted by Gasteiger charge is -2.45. The largest absolute Gasteiger partial charge is 0.460 e. The minimum absolute atomic E-state index is 0.0591. The molecule has 0 aliphatic carbocycles. The van der Waals surface area contributed by atoms with Gasteiger partial charge in [-0.25, -0.2) is 0 Å². The van der Waals surface area contributed by atoms with Crippen molar-refractivity contribution in [3.05, 3.63) is 0 Å². The van der Waals surface area contributed by atoms with Crippen LogP contribution < -0.4 is 0 Å². The second-order valence-corrected chi connectivity index (χ2v) is 11.8. The summed E-state index contributed by atoms with van der Waals surface area (Å²) in [7, 11) is -2.00. The summed E-state index contributed by atoms with van der Waals surface area (Å²) < 4.78 is 17.1. The Labute approximate surface area is 122 Å². The molecule has 1 N–H and O–H groups in total. The van der Waals surface area contributed by atoms with Crippen molar-refractivity contribution in [2.75, 3.05) is 0 Å². The summed E-state index contributed by atoms with van der Waals surface area (Å²) in [6, 6.07) is 0. The molecule has 0 amide bonds. The molecular weight excluding hydrogens is 276 g/mol. The molecule has 0 aromatic heterocycles. The Hall–Kier alpha value is -0.433. The normalized spacial score (nSPS) is 32.0. The van der Waals surface area contributed by atoms with Gasteiger partial charge in [-0.3, -0.25) is 4.79 Å². The molecule has 1 heterocycles. The highest BCUT2D eigenvalue weighted by molar-refractivity contribution is 6.74. The van der Waals surface area contributed by atoms with Crippen molar-refractivity contribution in [2.24, 2.45) is 0 Å². The molecule has 118 valence electrons. The van der Waals surface area contributed by atoms with Gasteiger partial charge in [0.05, 0.1) is 6.10 Å². The molecule has 1 unspecified atom stereocenters. The number of rotatable bonds is 3. The van der Waals surface area contributed by atoms with Crippen LogP contribution >= 0.6 is 0 Å². The minimum Gasteiger partial charge on any atom is -0.460 e. The van der Waals surface area contributed by atoms with E-state index in [9.17, 15) is 9.90 Å². The number of carbonyl (C=O) groups excluding carboxylic acids is 1. The van der Waals surface area contributed by atoms with E-state index in [1.165, 1.54) is 6.92 Å². The van der Waals surface area contributed by atoms with E-state index in [0.29, 0.717) is 0 Å². The lowest BCUT2D eigenvalue weighted by Crippen LogP contribution is -2.56. The molecule has 5 nitrogen and oxygen atoms in total. The van der Waals surface area contributed by atoms with Crippen molar-refractivity contribution in [2.45, 2.75) is 83.8 Å². The number of hydrogen-bond acceptors (Lipinski definition) is 5. The van der Waals surface area contributed by atoms with Crippen molar-refractivity contribution in [1.82, 2.24) is 0 Å². The van der Waals surface area contributed by atoms with E-state index in [0.717, 1.165) is 0 Å². The average molecular weight is 304 g/mol. The van der Waals surface area contributed by atoms with Gasteiger partial charge >= 0.3 is 5.97 Å². The standard InChI is InChI=1S/C14H28O5Si/c1-9-13(19-20(6,7)14(3,4)5)11(18-10(2)15)8-12(16)17-9/h9,11-13,16H,8H2,1-7H3/t9-,11-,12?,13-/m1/s1. The number of aliphatic hydroxyl groups excluding tert-OH is 1. The maximum Gasteiger partial charge on any atom is 0.302 e. The summed E-state index contributed by atoms with van der Waals surface area (Å²) in [5, 5.41) is 9.74. The summed E-state index contributed by atoms with van der Waals surface area (Å²) in [4.78, 5) is 11.2. The van der Waals surface area contributed by atoms with Crippen molar-refractivity contribution in [3.63, 3.8) is 0 Å². The highest BCUT2D eigenvalue weighted by Crippen LogP contribution is 2.39. The van der Waals surface area contributed by atoms with Crippen LogP contribution in [0.25, 0.3) is 0 Å². The van der Waals surface area contributed by atoms with Crippen LogP contribution in [0.5, 0.6) is 0 Å². The fourth-order valence-corrected chi connectivity index (χ4v) is 3.41. The summed E-state index contributed by atoms with van der Waals surface area (Å²) in [6.07, 6.45) is -1.75. The van der Waals surface area contributed by atoms with Gasteiger partial charge in [0.25, 0.3) is 0 Å². The Bertz CT molecular complexity index is 350. The van der Waals surface area contributed by atoms with Crippen LogP contribution in [0.2, 0.25) is 18.1 Å². The van der Waals surface area contributed by atoms with Crippen LogP contribution in [0.4, 0.5) is 0 Å². The zero-order chi connectivity index (χ0) is 15.7. The number of esters is 1. The Morgan fingerprint density at radius 3 is 2.35 bits per heavy atom. The van der Waals surface area contributed by atoms with Crippen LogP contribution in [0, 0.1) is 0 Å². The van der Waals surface area contributed by atoms with E-state index in [4.69, 9.17) is 13.9 Å². The molecule has 1 saturated heterocycles. The quantitative estimate of drug-likeness (QED) is 0.641. The Balaban J connectivity index is 2.89. The third kappa shape index (κ3) is 4.28. The van der Waals surface area contributed by atoms with Gasteiger partial charge in [-0.1, -0.05) is 20.8 Å². The Kier molecular flexibility index (Phi) is 5.40. The van der Waals surface area contributed by atoms with Gasteiger partial charge in [0.1, 0.15) is 12.2 Å². The van der Waals surface area contributed by atoms with E-state index in [1.54, 1.807) is 0 Å². The van der Waals surface area contributed by atoms with Gasteiger partial charge < -0.3 is 19.0 Å². The SMILES string of the molecule is CC(=O)O[C@@H]1CC(O)O[C@H](C)[C@H]1O[Si](C)(C)C(C)(C)C. The van der Waals surface area contributed by atoms with Gasteiger partial charge in [0, 0.05) is 13.3 Å². The highest BCUT2D eigenvalue weighted by Gasteiger charge is 2.46. The van der Waals surface area contributed by atoms with Crippen molar-refractivity contribution in [3.8, 4) is 0 Å². The van der Waals surface area contributed by atoms with E-state index in [1.807, 2.05) is 6.92 Å². The first kappa shape index (κ1) is 17.6. The van der Waals surface area contributed by atoms with Crippen molar-refractivity contribution < 1.29 is 23.8 Å². The number of carbonyl (C=O) groups is 1. The van der Waals surface area contributed by atoms with Crippen LogP contribution in [-0.4, -0.2) is 44.0 Å². The summed E-state index contributed by atoms with van der Waals surface area (Å²) >= 11 is 0. The second kappa shape index (κ2) is 6.13. The monoisotopic (exact) mass is 304 g/mol. The first-order valence-corrected chi connectivity index (χ1v) is 10.0. The van der Waals surface area contributed by atoms with Crippen molar-refractivity contribution in [1.29, 1.82) is 0 Å². The summed E-state index contributed by atoms with van der Waals surface area (Å²) in [6.45, 7) is 14.0. The first-order chi connectivity index (χ1) is 8.94. The summed E-state index contributed by atoms with van der Waals surface area (Å²) in [5.41, 5.74) is 0. The smallest absolute Gasteiger partial charge is 0.302 e. The molecule has 1 fully saturated rings. The van der Waals surface area contributed by atoms with E-state index in [-0.39, 0.29) is 29.6 Å². The third-order valence-corrected chi connectivity index (χ3v) is 8.66. The fourth-order valence-electron chi connectivity index (χ4n) is 2.03. The molecular formula is C14H28O5Si. The fraction of sp³-hybridized carbons (Fsp3) is 0.929. The van der Waals surface area contributed by atoms with Gasteiger partial charge in [-0.2, -0.15) is 0 Å². The molecule has 0 spiro atoms. The molecule has 0 bridgehead atoms. The van der Waals surface area contributed by atoms with Gasteiger partial charge in [0.15, 0.2) is 14.6 Å². The molecule has 0 saturated carbocycles. The predicted octanol–water partition coefficient (Wildman–Crippen LogP) is 2.44. The molecule has 1 rings (SSSR count). The molecule has 4 atom stereocenters. The van der Waals surface area contributed by atoms with E-state index < -0.39 is 20.7 Å². The predicted molar refractivity (Wildman–Crippen MR) is 78.8 cm³/mol. The highest BCUT2D eigenvalue weighted by atomic mass is 28.4. The summed E-state index contributed by atoms with van der Waals surface area (Å²) in [5.74, 6) is -0.361. The molecule has 0 aromatic rings. The molecule has 20 heavy (non-hydrogen) atoms. The maximum absolute atomic E-state index is 11.2. The zero-order valence-electron chi connectivity index (χ0n) is 13.6. The lowest BCUT2D eigenvalue weighted by molar-refractivity contribution is -0.230.